The van der Waals surface area contributed by atoms with Crippen molar-refractivity contribution < 1.29 is 4.74 Å². The molecule has 0 bridgehead atoms. The van der Waals surface area contributed by atoms with E-state index >= 15 is 0 Å². The van der Waals surface area contributed by atoms with E-state index < -0.39 is 0 Å². The summed E-state index contributed by atoms with van der Waals surface area (Å²) in [5, 5.41) is 3.27. The van der Waals surface area contributed by atoms with Crippen molar-refractivity contribution in [2.75, 3.05) is 32.6 Å². The minimum atomic E-state index is 0.489. The van der Waals surface area contributed by atoms with Gasteiger partial charge in [0.2, 0.25) is 5.95 Å². The van der Waals surface area contributed by atoms with Crippen molar-refractivity contribution in [1.82, 2.24) is 14.9 Å². The van der Waals surface area contributed by atoms with Crippen LogP contribution in [-0.4, -0.2) is 48.2 Å². The van der Waals surface area contributed by atoms with E-state index in [9.17, 15) is 0 Å². The highest BCUT2D eigenvalue weighted by Gasteiger charge is 2.23. The van der Waals surface area contributed by atoms with Crippen LogP contribution in [0.15, 0.2) is 12.4 Å². The molecular formula is C10H16N4O. The molecule has 15 heavy (non-hydrogen) atoms. The van der Waals surface area contributed by atoms with E-state index in [1.165, 1.54) is 0 Å². The van der Waals surface area contributed by atoms with Crippen molar-refractivity contribution in [3.63, 3.8) is 0 Å². The second-order valence-corrected chi connectivity index (χ2v) is 3.91. The van der Waals surface area contributed by atoms with E-state index in [-0.39, 0.29) is 0 Å². The number of likely N-dealkylation sites (tertiary alicyclic amines) is 1. The molecule has 0 aliphatic carbocycles. The summed E-state index contributed by atoms with van der Waals surface area (Å²) < 4.78 is 4.99. The number of rotatable bonds is 4. The van der Waals surface area contributed by atoms with Crippen molar-refractivity contribution in [2.45, 2.75) is 12.6 Å². The van der Waals surface area contributed by atoms with Gasteiger partial charge in [-0.15, -0.1) is 0 Å². The molecular weight excluding hydrogens is 192 g/mol. The van der Waals surface area contributed by atoms with Crippen LogP contribution in [0.3, 0.4) is 0 Å². The van der Waals surface area contributed by atoms with Crippen LogP contribution in [0.25, 0.3) is 0 Å². The maximum Gasteiger partial charge on any atom is 0.222 e. The van der Waals surface area contributed by atoms with Gasteiger partial charge in [0.15, 0.2) is 0 Å². The van der Waals surface area contributed by atoms with Crippen molar-refractivity contribution >= 4 is 5.95 Å². The van der Waals surface area contributed by atoms with Gasteiger partial charge >= 0.3 is 0 Å². The standard InChI is InChI=1S/C10H16N4O/c1-14-5-9(6-14)13-10-11-3-8(4-12-10)7-15-2/h3-4,9H,5-7H2,1-2H3,(H,11,12,13). The van der Waals surface area contributed by atoms with Crippen LogP contribution in [0.1, 0.15) is 5.56 Å². The maximum atomic E-state index is 4.99. The fourth-order valence-corrected chi connectivity index (χ4v) is 1.64. The van der Waals surface area contributed by atoms with Crippen molar-refractivity contribution in [1.29, 1.82) is 0 Å². The molecule has 1 aromatic heterocycles. The summed E-state index contributed by atoms with van der Waals surface area (Å²) in [7, 11) is 3.76. The first-order valence-electron chi connectivity index (χ1n) is 5.03. The summed E-state index contributed by atoms with van der Waals surface area (Å²) >= 11 is 0. The third-order valence-corrected chi connectivity index (χ3v) is 2.41. The first-order chi connectivity index (χ1) is 7.28. The summed E-state index contributed by atoms with van der Waals surface area (Å²) in [6.07, 6.45) is 3.59. The Kier molecular flexibility index (Phi) is 3.13. The van der Waals surface area contributed by atoms with E-state index in [4.69, 9.17) is 4.74 Å². The number of nitrogens with one attached hydrogen (secondary N) is 1. The Labute approximate surface area is 89.5 Å². The van der Waals surface area contributed by atoms with Gasteiger partial charge in [0.25, 0.3) is 0 Å². The van der Waals surface area contributed by atoms with Crippen LogP contribution in [0.2, 0.25) is 0 Å². The Morgan fingerprint density at radius 1 is 1.47 bits per heavy atom. The largest absolute Gasteiger partial charge is 0.380 e. The van der Waals surface area contributed by atoms with Gasteiger partial charge in [-0.05, 0) is 7.05 Å². The van der Waals surface area contributed by atoms with E-state index in [2.05, 4.69) is 27.2 Å². The van der Waals surface area contributed by atoms with Crippen LogP contribution in [-0.2, 0) is 11.3 Å². The molecule has 2 rings (SSSR count). The predicted octanol–water partition coefficient (Wildman–Crippen LogP) is 0.349. The van der Waals surface area contributed by atoms with E-state index in [1.54, 1.807) is 19.5 Å². The zero-order valence-corrected chi connectivity index (χ0v) is 9.10. The second kappa shape index (κ2) is 4.55. The Morgan fingerprint density at radius 3 is 2.67 bits per heavy atom. The average molecular weight is 208 g/mol. The molecule has 1 fully saturated rings. The summed E-state index contributed by atoms with van der Waals surface area (Å²) in [5.41, 5.74) is 0.994. The Balaban J connectivity index is 1.87. The topological polar surface area (TPSA) is 50.3 Å². The van der Waals surface area contributed by atoms with Crippen molar-refractivity contribution in [2.24, 2.45) is 0 Å². The number of hydrogen-bond acceptors (Lipinski definition) is 5. The molecule has 82 valence electrons. The molecule has 5 nitrogen and oxygen atoms in total. The summed E-state index contributed by atoms with van der Waals surface area (Å²) in [5.74, 6) is 0.702. The number of nitrogens with zero attached hydrogens (tertiary/aromatic N) is 3. The molecule has 1 aliphatic heterocycles. The van der Waals surface area contributed by atoms with Crippen LogP contribution in [0.4, 0.5) is 5.95 Å². The van der Waals surface area contributed by atoms with Crippen LogP contribution in [0, 0.1) is 0 Å². The molecule has 2 heterocycles. The number of aromatic nitrogens is 2. The first kappa shape index (κ1) is 10.3. The van der Waals surface area contributed by atoms with Crippen molar-refractivity contribution in [3.8, 4) is 0 Å². The molecule has 0 aromatic carbocycles. The lowest BCUT2D eigenvalue weighted by molar-refractivity contribution is 0.184. The molecule has 1 aromatic rings. The number of ether oxygens (including phenoxy) is 1. The fourth-order valence-electron chi connectivity index (χ4n) is 1.64. The third-order valence-electron chi connectivity index (χ3n) is 2.41. The van der Waals surface area contributed by atoms with Crippen LogP contribution < -0.4 is 5.32 Å². The normalized spacial score (nSPS) is 17.5. The van der Waals surface area contributed by atoms with Gasteiger partial charge in [0.05, 0.1) is 12.6 Å². The molecule has 5 heteroatoms. The van der Waals surface area contributed by atoms with E-state index in [1.807, 2.05) is 0 Å². The Hall–Kier alpha value is -1.20. The fraction of sp³-hybridized carbons (Fsp3) is 0.600. The molecule has 1 aliphatic rings. The molecule has 0 saturated carbocycles. The summed E-state index contributed by atoms with van der Waals surface area (Å²) in [4.78, 5) is 10.7. The molecule has 1 saturated heterocycles. The number of anilines is 1. The quantitative estimate of drug-likeness (QED) is 0.773. The highest BCUT2D eigenvalue weighted by Crippen LogP contribution is 2.09. The predicted molar refractivity (Wildman–Crippen MR) is 57.7 cm³/mol. The van der Waals surface area contributed by atoms with Crippen molar-refractivity contribution in [3.05, 3.63) is 18.0 Å². The lowest BCUT2D eigenvalue weighted by Gasteiger charge is -2.36. The lowest BCUT2D eigenvalue weighted by atomic mass is 10.1. The smallest absolute Gasteiger partial charge is 0.222 e. The average Bonchev–Trinajstić information content (AvgIpc) is 2.19. The third kappa shape index (κ3) is 2.64. The monoisotopic (exact) mass is 208 g/mol. The van der Waals surface area contributed by atoms with Crippen LogP contribution >= 0.6 is 0 Å². The Morgan fingerprint density at radius 2 is 2.13 bits per heavy atom. The summed E-state index contributed by atoms with van der Waals surface area (Å²) in [6, 6.07) is 0.489. The van der Waals surface area contributed by atoms with Gasteiger partial charge in [-0.25, -0.2) is 9.97 Å². The van der Waals surface area contributed by atoms with Gasteiger partial charge in [-0.1, -0.05) is 0 Å². The highest BCUT2D eigenvalue weighted by molar-refractivity contribution is 5.27. The molecule has 0 spiro atoms. The molecule has 1 N–H and O–H groups in total. The maximum absolute atomic E-state index is 4.99. The second-order valence-electron chi connectivity index (χ2n) is 3.91. The van der Waals surface area contributed by atoms with Gasteiger partial charge in [-0.3, -0.25) is 0 Å². The molecule has 0 amide bonds. The van der Waals surface area contributed by atoms with Gasteiger partial charge in [0, 0.05) is 38.2 Å². The van der Waals surface area contributed by atoms with E-state index in [0.717, 1.165) is 18.7 Å². The molecule has 0 radical (unpaired) electrons. The number of likely N-dealkylation sites (N-methyl/N-ethyl adjacent to an activating group) is 1. The zero-order chi connectivity index (χ0) is 10.7. The van der Waals surface area contributed by atoms with E-state index in [0.29, 0.717) is 18.6 Å². The SMILES string of the molecule is COCc1cnc(NC2CN(C)C2)nc1. The van der Waals surface area contributed by atoms with Crippen LogP contribution in [0.5, 0.6) is 0 Å². The first-order valence-corrected chi connectivity index (χ1v) is 5.03. The number of methoxy groups -OCH3 is 1. The number of hydrogen-bond donors (Lipinski definition) is 1. The summed E-state index contributed by atoms with van der Waals surface area (Å²) in [6.45, 7) is 2.68. The highest BCUT2D eigenvalue weighted by atomic mass is 16.5. The van der Waals surface area contributed by atoms with Gasteiger partial charge in [-0.2, -0.15) is 0 Å². The van der Waals surface area contributed by atoms with Gasteiger partial charge in [0.1, 0.15) is 0 Å². The molecule has 0 unspecified atom stereocenters. The minimum absolute atomic E-state index is 0.489. The Bertz CT molecular complexity index is 308. The zero-order valence-electron chi connectivity index (χ0n) is 9.10. The lowest BCUT2D eigenvalue weighted by Crippen LogP contribution is -2.52. The molecule has 0 atom stereocenters. The minimum Gasteiger partial charge on any atom is -0.380 e. The van der Waals surface area contributed by atoms with Gasteiger partial charge < -0.3 is 15.0 Å².